The monoisotopic (exact) mass is 408 g/mol. The third-order valence-corrected chi connectivity index (χ3v) is 6.90. The lowest BCUT2D eigenvalue weighted by atomic mass is 10.1. The van der Waals surface area contributed by atoms with Crippen LogP contribution in [-0.4, -0.2) is 79.1 Å². The lowest BCUT2D eigenvalue weighted by molar-refractivity contribution is -0.138. The van der Waals surface area contributed by atoms with Gasteiger partial charge in [0.15, 0.2) is 0 Å². The largest absolute Gasteiger partial charge is 0.338 e. The van der Waals surface area contributed by atoms with Crippen molar-refractivity contribution in [2.24, 2.45) is 5.92 Å². The van der Waals surface area contributed by atoms with Crippen LogP contribution in [0.4, 0.5) is 4.79 Å². The number of carbonyl (C=O) groups is 3. The van der Waals surface area contributed by atoms with Gasteiger partial charge >= 0.3 is 6.03 Å². The van der Waals surface area contributed by atoms with Gasteiger partial charge in [-0.05, 0) is 18.1 Å². The lowest BCUT2D eigenvalue weighted by Gasteiger charge is -2.34. The summed E-state index contributed by atoms with van der Waals surface area (Å²) in [6.07, 6.45) is 0. The molecule has 2 aliphatic rings. The van der Waals surface area contributed by atoms with Gasteiger partial charge in [-0.25, -0.2) is 13.2 Å². The molecule has 2 aliphatic heterocycles. The molecule has 10 heteroatoms. The maximum Gasteiger partial charge on any atom is 0.325 e. The average Bonchev–Trinajstić information content (AvgIpc) is 2.97. The number of benzene rings is 1. The highest BCUT2D eigenvalue weighted by Gasteiger charge is 2.41. The Morgan fingerprint density at radius 1 is 1.11 bits per heavy atom. The van der Waals surface area contributed by atoms with Crippen LogP contribution >= 0.6 is 0 Å². The molecular formula is C18H24N4O5S. The predicted octanol–water partition coefficient (Wildman–Crippen LogP) is 0.0959. The highest BCUT2D eigenvalue weighted by molar-refractivity contribution is 7.89. The van der Waals surface area contributed by atoms with E-state index in [4.69, 9.17) is 0 Å². The van der Waals surface area contributed by atoms with Crippen molar-refractivity contribution in [3.05, 3.63) is 30.3 Å². The Morgan fingerprint density at radius 3 is 2.25 bits per heavy atom. The molecule has 0 bridgehead atoms. The molecule has 1 atom stereocenters. The van der Waals surface area contributed by atoms with Gasteiger partial charge in [-0.2, -0.15) is 4.31 Å². The number of piperazine rings is 1. The van der Waals surface area contributed by atoms with Crippen LogP contribution in [0, 0.1) is 5.92 Å². The van der Waals surface area contributed by atoms with E-state index in [9.17, 15) is 22.8 Å². The minimum absolute atomic E-state index is 0.0664. The highest BCUT2D eigenvalue weighted by Crippen LogP contribution is 2.18. The molecule has 0 aliphatic carbocycles. The Balaban J connectivity index is 1.59. The number of sulfonamides is 1. The van der Waals surface area contributed by atoms with Gasteiger partial charge in [-0.1, -0.05) is 32.0 Å². The van der Waals surface area contributed by atoms with E-state index in [1.165, 1.54) is 21.3 Å². The van der Waals surface area contributed by atoms with E-state index in [1.54, 1.807) is 18.2 Å². The zero-order chi connectivity index (χ0) is 20.5. The molecule has 0 spiro atoms. The number of hydrogen-bond acceptors (Lipinski definition) is 5. The molecule has 0 radical (unpaired) electrons. The van der Waals surface area contributed by atoms with Crippen molar-refractivity contribution >= 4 is 27.9 Å². The molecular weight excluding hydrogens is 384 g/mol. The van der Waals surface area contributed by atoms with Crippen molar-refractivity contribution in [3.8, 4) is 0 Å². The summed E-state index contributed by atoms with van der Waals surface area (Å²) in [4.78, 5) is 39.5. The highest BCUT2D eigenvalue weighted by atomic mass is 32.2. The van der Waals surface area contributed by atoms with Gasteiger partial charge in [0.1, 0.15) is 12.6 Å². The summed E-state index contributed by atoms with van der Waals surface area (Å²) < 4.78 is 26.6. The Hall–Kier alpha value is -2.46. The number of urea groups is 1. The third-order valence-electron chi connectivity index (χ3n) is 4.99. The Morgan fingerprint density at radius 2 is 1.71 bits per heavy atom. The Bertz CT molecular complexity index is 863. The van der Waals surface area contributed by atoms with Crippen LogP contribution in [0.25, 0.3) is 0 Å². The number of nitrogens with zero attached hydrogens (tertiary/aromatic N) is 3. The average molecular weight is 408 g/mol. The van der Waals surface area contributed by atoms with E-state index in [1.807, 2.05) is 13.8 Å². The first-order valence-corrected chi connectivity index (χ1v) is 10.6. The fourth-order valence-electron chi connectivity index (χ4n) is 3.30. The first-order valence-electron chi connectivity index (χ1n) is 9.16. The number of nitrogens with one attached hydrogen (secondary N) is 1. The van der Waals surface area contributed by atoms with Crippen LogP contribution in [0.1, 0.15) is 13.8 Å². The molecule has 9 nitrogen and oxygen atoms in total. The number of imide groups is 1. The minimum Gasteiger partial charge on any atom is -0.338 e. The van der Waals surface area contributed by atoms with E-state index >= 15 is 0 Å². The van der Waals surface area contributed by atoms with Crippen molar-refractivity contribution in [3.63, 3.8) is 0 Å². The fraction of sp³-hybridized carbons (Fsp3) is 0.500. The Kier molecular flexibility index (Phi) is 5.71. The van der Waals surface area contributed by atoms with E-state index in [2.05, 4.69) is 5.32 Å². The zero-order valence-corrected chi connectivity index (χ0v) is 16.7. The summed E-state index contributed by atoms with van der Waals surface area (Å²) in [5, 5.41) is 2.59. The van der Waals surface area contributed by atoms with Crippen molar-refractivity contribution in [1.29, 1.82) is 0 Å². The molecule has 4 amide bonds. The van der Waals surface area contributed by atoms with E-state index in [-0.39, 0.29) is 49.4 Å². The van der Waals surface area contributed by atoms with Gasteiger partial charge in [0.2, 0.25) is 15.9 Å². The van der Waals surface area contributed by atoms with Crippen LogP contribution in [0.5, 0.6) is 0 Å². The van der Waals surface area contributed by atoms with E-state index in [0.29, 0.717) is 0 Å². The summed E-state index contributed by atoms with van der Waals surface area (Å²) in [5.74, 6) is -0.841. The summed E-state index contributed by atoms with van der Waals surface area (Å²) in [7, 11) is -3.60. The molecule has 0 aromatic heterocycles. The molecule has 1 N–H and O–H groups in total. The third kappa shape index (κ3) is 3.88. The van der Waals surface area contributed by atoms with Crippen LogP contribution in [-0.2, 0) is 19.6 Å². The second-order valence-corrected chi connectivity index (χ2v) is 9.13. The fourth-order valence-corrected chi connectivity index (χ4v) is 4.74. The van der Waals surface area contributed by atoms with Crippen molar-refractivity contribution in [2.45, 2.75) is 24.8 Å². The van der Waals surface area contributed by atoms with Gasteiger partial charge < -0.3 is 10.2 Å². The SMILES string of the molecule is CC(C)C1NC(=O)N(CC(=O)N2CCN(S(=O)(=O)c3ccccc3)CC2)C1=O. The number of rotatable bonds is 5. The maximum atomic E-state index is 12.6. The molecule has 152 valence electrons. The van der Waals surface area contributed by atoms with Gasteiger partial charge in [0.05, 0.1) is 4.90 Å². The van der Waals surface area contributed by atoms with Crippen molar-refractivity contribution in [2.75, 3.05) is 32.7 Å². The molecule has 3 rings (SSSR count). The summed E-state index contributed by atoms with van der Waals surface area (Å²) in [6.45, 7) is 4.06. The zero-order valence-electron chi connectivity index (χ0n) is 15.9. The molecule has 1 aromatic rings. The van der Waals surface area contributed by atoms with Crippen molar-refractivity contribution in [1.82, 2.24) is 19.4 Å². The normalized spacial score (nSPS) is 21.3. The van der Waals surface area contributed by atoms with Gasteiger partial charge in [-0.3, -0.25) is 14.5 Å². The molecule has 1 unspecified atom stereocenters. The molecule has 28 heavy (non-hydrogen) atoms. The van der Waals surface area contributed by atoms with Gasteiger partial charge in [0, 0.05) is 26.2 Å². The summed E-state index contributed by atoms with van der Waals surface area (Å²) >= 11 is 0. The van der Waals surface area contributed by atoms with Crippen LogP contribution in [0.2, 0.25) is 0 Å². The number of carbonyl (C=O) groups excluding carboxylic acids is 3. The topological polar surface area (TPSA) is 107 Å². The standard InChI is InChI=1S/C18H24N4O5S/c1-13(2)16-17(24)22(18(25)19-16)12-15(23)20-8-10-21(11-9-20)28(26,27)14-6-4-3-5-7-14/h3-7,13,16H,8-12H2,1-2H3,(H,19,25). The van der Waals surface area contributed by atoms with E-state index in [0.717, 1.165) is 4.90 Å². The molecule has 0 saturated carbocycles. The first kappa shape index (κ1) is 20.3. The summed E-state index contributed by atoms with van der Waals surface area (Å²) in [6, 6.07) is 6.96. The van der Waals surface area contributed by atoms with Crippen LogP contribution in [0.3, 0.4) is 0 Å². The number of amides is 4. The quantitative estimate of drug-likeness (QED) is 0.695. The predicted molar refractivity (Wildman–Crippen MR) is 101 cm³/mol. The molecule has 1 aromatic carbocycles. The lowest BCUT2D eigenvalue weighted by Crippen LogP contribution is -2.53. The summed E-state index contributed by atoms with van der Waals surface area (Å²) in [5.41, 5.74) is 0. The smallest absolute Gasteiger partial charge is 0.325 e. The molecule has 2 fully saturated rings. The molecule has 2 saturated heterocycles. The van der Waals surface area contributed by atoms with E-state index < -0.39 is 28.0 Å². The van der Waals surface area contributed by atoms with Crippen LogP contribution in [0.15, 0.2) is 35.2 Å². The van der Waals surface area contributed by atoms with Gasteiger partial charge in [-0.15, -0.1) is 0 Å². The second kappa shape index (κ2) is 7.88. The first-order chi connectivity index (χ1) is 13.2. The van der Waals surface area contributed by atoms with Gasteiger partial charge in [0.25, 0.3) is 5.91 Å². The Labute approximate surface area is 164 Å². The minimum atomic E-state index is -3.60. The van der Waals surface area contributed by atoms with Crippen LogP contribution < -0.4 is 5.32 Å². The molecule has 2 heterocycles. The second-order valence-electron chi connectivity index (χ2n) is 7.19. The van der Waals surface area contributed by atoms with Crippen molar-refractivity contribution < 1.29 is 22.8 Å². The maximum absolute atomic E-state index is 12.6. The number of hydrogen-bond donors (Lipinski definition) is 1.